The van der Waals surface area contributed by atoms with Crippen LogP contribution in [0.2, 0.25) is 0 Å². The maximum atomic E-state index is 12.6. The Kier molecular flexibility index (Phi) is 5.03. The van der Waals surface area contributed by atoms with Crippen LogP contribution in [-0.4, -0.2) is 40.8 Å². The van der Waals surface area contributed by atoms with Crippen LogP contribution in [0.1, 0.15) is 33.1 Å². The number of fused-ring (bicyclic) bond motifs is 2. The van der Waals surface area contributed by atoms with Crippen LogP contribution in [0.25, 0.3) is 5.65 Å². The van der Waals surface area contributed by atoms with Crippen LogP contribution in [0, 0.1) is 11.3 Å². The Bertz CT molecular complexity index is 1160. The third-order valence-corrected chi connectivity index (χ3v) is 5.99. The summed E-state index contributed by atoms with van der Waals surface area (Å²) in [4.78, 5) is 17.3. The van der Waals surface area contributed by atoms with Gasteiger partial charge in [-0.3, -0.25) is 4.79 Å². The van der Waals surface area contributed by atoms with E-state index in [2.05, 4.69) is 34.9 Å². The highest BCUT2D eigenvalue weighted by Gasteiger charge is 2.37. The Morgan fingerprint density at radius 3 is 2.81 bits per heavy atom. The number of anilines is 4. The van der Waals surface area contributed by atoms with Gasteiger partial charge in [0.2, 0.25) is 5.91 Å². The zero-order valence-electron chi connectivity index (χ0n) is 18.6. The Hall–Kier alpha value is -3.49. The molecule has 9 heteroatoms. The molecule has 2 aromatic heterocycles. The van der Waals surface area contributed by atoms with Gasteiger partial charge in [-0.1, -0.05) is 19.9 Å². The first-order valence-corrected chi connectivity index (χ1v) is 10.9. The fraction of sp³-hybridized carbons (Fsp3) is 0.435. The first kappa shape index (κ1) is 20.4. The fourth-order valence-electron chi connectivity index (χ4n) is 4.71. The summed E-state index contributed by atoms with van der Waals surface area (Å²) in [7, 11) is 1.82. The molecule has 2 aliphatic rings. The predicted octanol–water partition coefficient (Wildman–Crippen LogP) is 4.05. The monoisotopic (exact) mass is 436 g/mol. The summed E-state index contributed by atoms with van der Waals surface area (Å²) in [6, 6.07) is 7.55. The number of hydrogen-bond donors (Lipinski definition) is 3. The molecule has 3 N–H and O–H groups in total. The molecule has 0 radical (unpaired) electrons. The third-order valence-electron chi connectivity index (χ3n) is 5.99. The van der Waals surface area contributed by atoms with Crippen molar-refractivity contribution in [3.05, 3.63) is 30.5 Å². The van der Waals surface area contributed by atoms with Crippen molar-refractivity contribution in [1.82, 2.24) is 14.6 Å². The summed E-state index contributed by atoms with van der Waals surface area (Å²) in [6.45, 7) is 5.51. The van der Waals surface area contributed by atoms with Gasteiger partial charge < -0.3 is 25.4 Å². The van der Waals surface area contributed by atoms with Gasteiger partial charge >= 0.3 is 0 Å². The smallest absolute Gasteiger partial charge is 0.224 e. The van der Waals surface area contributed by atoms with E-state index in [0.29, 0.717) is 59.6 Å². The highest BCUT2D eigenvalue weighted by Crippen LogP contribution is 2.46. The van der Waals surface area contributed by atoms with E-state index in [1.165, 1.54) is 0 Å². The molecule has 1 aromatic carbocycles. The first-order valence-electron chi connectivity index (χ1n) is 10.9. The molecule has 9 nitrogen and oxygen atoms in total. The fourth-order valence-corrected chi connectivity index (χ4v) is 4.71. The van der Waals surface area contributed by atoms with Crippen molar-refractivity contribution in [2.45, 2.75) is 33.1 Å². The molecule has 1 fully saturated rings. The van der Waals surface area contributed by atoms with E-state index < -0.39 is 0 Å². The molecule has 0 unspecified atom stereocenters. The second kappa shape index (κ2) is 7.89. The molecule has 1 aliphatic heterocycles. The Morgan fingerprint density at radius 2 is 2.03 bits per heavy atom. The van der Waals surface area contributed by atoms with E-state index in [-0.39, 0.29) is 5.91 Å². The summed E-state index contributed by atoms with van der Waals surface area (Å²) in [6.07, 6.45) is 4.32. The predicted molar refractivity (Wildman–Crippen MR) is 123 cm³/mol. The molecule has 1 amide bonds. The number of nitrogens with one attached hydrogen (secondary N) is 3. The largest absolute Gasteiger partial charge is 0.486 e. The molecular weight excluding hydrogens is 408 g/mol. The van der Waals surface area contributed by atoms with Gasteiger partial charge in [0.1, 0.15) is 30.5 Å². The van der Waals surface area contributed by atoms with Crippen molar-refractivity contribution in [1.29, 1.82) is 0 Å². The number of para-hydroxylation sites is 1. The summed E-state index contributed by atoms with van der Waals surface area (Å²) < 4.78 is 13.1. The van der Waals surface area contributed by atoms with Gasteiger partial charge in [-0.2, -0.15) is 9.61 Å². The quantitative estimate of drug-likeness (QED) is 0.536. The molecule has 3 heterocycles. The van der Waals surface area contributed by atoms with Gasteiger partial charge in [0.05, 0.1) is 11.9 Å². The third kappa shape index (κ3) is 3.90. The molecular formula is C23H28N6O3. The summed E-state index contributed by atoms with van der Waals surface area (Å²) in [5, 5.41) is 13.9. The van der Waals surface area contributed by atoms with Gasteiger partial charge in [0, 0.05) is 19.5 Å². The molecule has 1 aliphatic carbocycles. The average Bonchev–Trinajstić information content (AvgIpc) is 3.14. The number of nitrogens with zero attached hydrogens (tertiary/aromatic N) is 3. The SMILES string of the molecule is CNc1cc(Nc2cccc3c2OCCO3)nc2c(NC(=O)CC3CC(C)(C)C3)cnn12. The number of benzene rings is 1. The molecule has 3 aromatic rings. The van der Waals surface area contributed by atoms with Crippen LogP contribution >= 0.6 is 0 Å². The van der Waals surface area contributed by atoms with Crippen LogP contribution in [0.15, 0.2) is 30.5 Å². The highest BCUT2D eigenvalue weighted by atomic mass is 16.6. The lowest BCUT2D eigenvalue weighted by atomic mass is 9.63. The number of amides is 1. The Balaban J connectivity index is 1.40. The van der Waals surface area contributed by atoms with E-state index in [4.69, 9.17) is 14.5 Å². The molecule has 5 rings (SSSR count). The van der Waals surface area contributed by atoms with Crippen LogP contribution in [0.3, 0.4) is 0 Å². The van der Waals surface area contributed by atoms with E-state index in [9.17, 15) is 4.79 Å². The zero-order chi connectivity index (χ0) is 22.3. The van der Waals surface area contributed by atoms with Gasteiger partial charge in [0.15, 0.2) is 17.1 Å². The maximum absolute atomic E-state index is 12.6. The lowest BCUT2D eigenvalue weighted by molar-refractivity contribution is -0.118. The number of rotatable bonds is 6. The van der Waals surface area contributed by atoms with Crippen LogP contribution in [0.4, 0.5) is 23.0 Å². The average molecular weight is 437 g/mol. The van der Waals surface area contributed by atoms with Crippen LogP contribution < -0.4 is 25.4 Å². The van der Waals surface area contributed by atoms with Gasteiger partial charge in [-0.25, -0.2) is 4.98 Å². The highest BCUT2D eigenvalue weighted by molar-refractivity contribution is 5.94. The van der Waals surface area contributed by atoms with Crippen molar-refractivity contribution >= 4 is 34.6 Å². The van der Waals surface area contributed by atoms with E-state index in [0.717, 1.165) is 24.3 Å². The maximum Gasteiger partial charge on any atom is 0.224 e. The molecule has 1 saturated carbocycles. The molecule has 0 saturated heterocycles. The number of carbonyl (C=O) groups is 1. The Labute approximate surface area is 186 Å². The minimum Gasteiger partial charge on any atom is -0.486 e. The van der Waals surface area contributed by atoms with Crippen molar-refractivity contribution in [3.8, 4) is 11.5 Å². The number of hydrogen-bond acceptors (Lipinski definition) is 7. The molecule has 32 heavy (non-hydrogen) atoms. The van der Waals surface area contributed by atoms with Gasteiger partial charge in [-0.15, -0.1) is 0 Å². The molecule has 0 spiro atoms. The summed E-state index contributed by atoms with van der Waals surface area (Å²) in [5.74, 6) is 3.14. The number of carbonyl (C=O) groups excluding carboxylic acids is 1. The number of aromatic nitrogens is 3. The lowest BCUT2D eigenvalue weighted by Crippen LogP contribution is -2.34. The van der Waals surface area contributed by atoms with Crippen molar-refractivity contribution in [2.75, 3.05) is 36.2 Å². The van der Waals surface area contributed by atoms with Crippen LogP contribution in [0.5, 0.6) is 11.5 Å². The number of ether oxygens (including phenoxy) is 2. The minimum atomic E-state index is -0.00533. The second-order valence-corrected chi connectivity index (χ2v) is 9.22. The lowest BCUT2D eigenvalue weighted by Gasteiger charge is -2.42. The first-order chi connectivity index (χ1) is 15.4. The zero-order valence-corrected chi connectivity index (χ0v) is 18.6. The van der Waals surface area contributed by atoms with Crippen molar-refractivity contribution in [2.24, 2.45) is 11.3 Å². The van der Waals surface area contributed by atoms with E-state index in [1.807, 2.05) is 31.3 Å². The molecule has 0 bridgehead atoms. The molecule has 0 atom stereocenters. The van der Waals surface area contributed by atoms with Gasteiger partial charge in [0.25, 0.3) is 0 Å². The van der Waals surface area contributed by atoms with Crippen molar-refractivity contribution in [3.63, 3.8) is 0 Å². The van der Waals surface area contributed by atoms with Crippen molar-refractivity contribution < 1.29 is 14.3 Å². The van der Waals surface area contributed by atoms with Gasteiger partial charge in [-0.05, 0) is 36.3 Å². The van der Waals surface area contributed by atoms with E-state index in [1.54, 1.807) is 10.7 Å². The summed E-state index contributed by atoms with van der Waals surface area (Å²) >= 11 is 0. The second-order valence-electron chi connectivity index (χ2n) is 9.22. The molecule has 168 valence electrons. The standard InChI is InChI=1S/C23H28N6O3/c1-23(2)11-14(12-23)9-20(30)27-16-13-25-29-19(24-3)10-18(28-22(16)29)26-15-5-4-6-17-21(15)32-8-7-31-17/h4-6,10,13-14,24H,7-9,11-12H2,1-3H3,(H,26,28)(H,27,30). The van der Waals surface area contributed by atoms with Crippen LogP contribution in [-0.2, 0) is 4.79 Å². The van der Waals surface area contributed by atoms with E-state index >= 15 is 0 Å². The summed E-state index contributed by atoms with van der Waals surface area (Å²) in [5.41, 5.74) is 2.26. The topological polar surface area (TPSA) is 102 Å². The minimum absolute atomic E-state index is 0.00533. The Morgan fingerprint density at radius 1 is 1.22 bits per heavy atom. The normalized spacial score (nSPS) is 17.0.